The van der Waals surface area contributed by atoms with Crippen molar-refractivity contribution < 1.29 is 18.0 Å². The molecule has 1 amide bonds. The van der Waals surface area contributed by atoms with Gasteiger partial charge in [0.05, 0.1) is 9.77 Å². The SMILES string of the molecule is CCN(CC)S(=O)(=O)c1ccc(NC(=O)CCC(=O)c2ccc(C)s2)cc1. The van der Waals surface area contributed by atoms with Gasteiger partial charge >= 0.3 is 0 Å². The number of carbonyl (C=O) groups excluding carboxylic acids is 2. The summed E-state index contributed by atoms with van der Waals surface area (Å²) in [5, 5.41) is 2.69. The van der Waals surface area contributed by atoms with Crippen LogP contribution in [0.3, 0.4) is 0 Å². The fourth-order valence-electron chi connectivity index (χ4n) is 2.58. The van der Waals surface area contributed by atoms with E-state index in [1.165, 1.54) is 27.8 Å². The summed E-state index contributed by atoms with van der Waals surface area (Å²) >= 11 is 1.42. The maximum atomic E-state index is 12.4. The Balaban J connectivity index is 1.94. The van der Waals surface area contributed by atoms with Crippen LogP contribution in [-0.2, 0) is 14.8 Å². The maximum absolute atomic E-state index is 12.4. The minimum absolute atomic E-state index is 0.0519. The molecule has 0 fully saturated rings. The molecule has 0 atom stereocenters. The number of aryl methyl sites for hydroxylation is 1. The molecule has 8 heteroatoms. The zero-order chi connectivity index (χ0) is 20.0. The molecule has 0 aliphatic heterocycles. The number of rotatable bonds is 9. The number of hydrogen-bond acceptors (Lipinski definition) is 5. The van der Waals surface area contributed by atoms with Crippen molar-refractivity contribution >= 4 is 38.7 Å². The molecular weight excluding hydrogens is 384 g/mol. The highest BCUT2D eigenvalue weighted by atomic mass is 32.2. The van der Waals surface area contributed by atoms with Crippen LogP contribution in [0.15, 0.2) is 41.3 Å². The van der Waals surface area contributed by atoms with E-state index in [9.17, 15) is 18.0 Å². The molecule has 2 aromatic rings. The molecule has 0 radical (unpaired) electrons. The van der Waals surface area contributed by atoms with E-state index in [1.807, 2.05) is 13.0 Å². The molecule has 1 aromatic carbocycles. The molecule has 6 nitrogen and oxygen atoms in total. The number of nitrogens with one attached hydrogen (secondary N) is 1. The number of sulfonamides is 1. The summed E-state index contributed by atoms with van der Waals surface area (Å²) < 4.78 is 26.3. The third-order valence-electron chi connectivity index (χ3n) is 4.08. The highest BCUT2D eigenvalue weighted by Crippen LogP contribution is 2.20. The first-order valence-electron chi connectivity index (χ1n) is 8.77. The van der Waals surface area contributed by atoms with Gasteiger partial charge in [0.15, 0.2) is 5.78 Å². The molecule has 1 heterocycles. The van der Waals surface area contributed by atoms with Crippen molar-refractivity contribution in [2.24, 2.45) is 0 Å². The molecule has 2 rings (SSSR count). The average molecular weight is 409 g/mol. The second kappa shape index (κ2) is 9.25. The van der Waals surface area contributed by atoms with Crippen LogP contribution in [0.2, 0.25) is 0 Å². The van der Waals surface area contributed by atoms with E-state index in [1.54, 1.807) is 32.0 Å². The highest BCUT2D eigenvalue weighted by molar-refractivity contribution is 7.89. The molecule has 0 bridgehead atoms. The first-order chi connectivity index (χ1) is 12.8. The largest absolute Gasteiger partial charge is 0.326 e. The Morgan fingerprint density at radius 1 is 1.00 bits per heavy atom. The molecule has 1 N–H and O–H groups in total. The zero-order valence-corrected chi connectivity index (χ0v) is 17.3. The topological polar surface area (TPSA) is 83.6 Å². The van der Waals surface area contributed by atoms with Crippen LogP contribution in [0, 0.1) is 6.92 Å². The lowest BCUT2D eigenvalue weighted by molar-refractivity contribution is -0.116. The van der Waals surface area contributed by atoms with Gasteiger partial charge in [-0.1, -0.05) is 13.8 Å². The third-order valence-corrected chi connectivity index (χ3v) is 7.18. The second-order valence-electron chi connectivity index (χ2n) is 6.00. The second-order valence-corrected chi connectivity index (χ2v) is 9.22. The van der Waals surface area contributed by atoms with Crippen LogP contribution in [0.1, 0.15) is 41.2 Å². The Labute approximate surface area is 164 Å². The molecule has 0 saturated carbocycles. The highest BCUT2D eigenvalue weighted by Gasteiger charge is 2.21. The molecular formula is C19H24N2O4S2. The third kappa shape index (κ3) is 5.47. The lowest BCUT2D eigenvalue weighted by atomic mass is 10.2. The van der Waals surface area contributed by atoms with Crippen molar-refractivity contribution in [3.8, 4) is 0 Å². The lowest BCUT2D eigenvalue weighted by Crippen LogP contribution is -2.30. The van der Waals surface area contributed by atoms with Gasteiger partial charge in [-0.2, -0.15) is 4.31 Å². The van der Waals surface area contributed by atoms with Crippen LogP contribution in [0.4, 0.5) is 5.69 Å². The normalized spacial score (nSPS) is 11.6. The van der Waals surface area contributed by atoms with Crippen LogP contribution in [0.5, 0.6) is 0 Å². The number of nitrogens with zero attached hydrogens (tertiary/aromatic N) is 1. The van der Waals surface area contributed by atoms with Crippen LogP contribution < -0.4 is 5.32 Å². The Morgan fingerprint density at radius 2 is 1.63 bits per heavy atom. The number of hydrogen-bond donors (Lipinski definition) is 1. The summed E-state index contributed by atoms with van der Waals surface area (Å²) in [4.78, 5) is 26.0. The van der Waals surface area contributed by atoms with E-state index in [-0.39, 0.29) is 29.4 Å². The number of thiophene rings is 1. The minimum atomic E-state index is -3.52. The van der Waals surface area contributed by atoms with Crippen molar-refractivity contribution in [3.05, 3.63) is 46.2 Å². The summed E-state index contributed by atoms with van der Waals surface area (Å²) in [5.41, 5.74) is 0.498. The van der Waals surface area contributed by atoms with Crippen LogP contribution >= 0.6 is 11.3 Å². The summed E-state index contributed by atoms with van der Waals surface area (Å²) in [6, 6.07) is 9.71. The van der Waals surface area contributed by atoms with Gasteiger partial charge in [-0.05, 0) is 43.3 Å². The Morgan fingerprint density at radius 3 is 2.15 bits per heavy atom. The van der Waals surface area contributed by atoms with Crippen molar-refractivity contribution in [2.75, 3.05) is 18.4 Å². The standard InChI is InChI=1S/C19H24N2O4S2/c1-4-21(5-2)27(24,25)16-9-7-15(8-10-16)20-19(23)13-11-17(22)18-12-6-14(3)26-18/h6-10,12H,4-5,11,13H2,1-3H3,(H,20,23). The van der Waals surface area contributed by atoms with Crippen LogP contribution in [0.25, 0.3) is 0 Å². The summed E-state index contributed by atoms with van der Waals surface area (Å²) in [6.07, 6.45) is 0.218. The first kappa shape index (κ1) is 21.3. The lowest BCUT2D eigenvalue weighted by Gasteiger charge is -2.18. The van der Waals surface area contributed by atoms with Crippen molar-refractivity contribution in [1.29, 1.82) is 0 Å². The molecule has 0 saturated heterocycles. The van der Waals surface area contributed by atoms with Gasteiger partial charge in [-0.3, -0.25) is 9.59 Å². The number of Topliss-reactive ketones (excluding diaryl/α,β-unsaturated/α-hetero) is 1. The Hall–Kier alpha value is -2.03. The minimum Gasteiger partial charge on any atom is -0.326 e. The molecule has 27 heavy (non-hydrogen) atoms. The quantitative estimate of drug-likeness (QED) is 0.642. The summed E-state index contributed by atoms with van der Waals surface area (Å²) in [6.45, 7) is 6.30. The smallest absolute Gasteiger partial charge is 0.243 e. The van der Waals surface area contributed by atoms with Gasteiger partial charge < -0.3 is 5.32 Å². The predicted molar refractivity (Wildman–Crippen MR) is 108 cm³/mol. The first-order valence-corrected chi connectivity index (χ1v) is 11.0. The van der Waals surface area contributed by atoms with E-state index in [4.69, 9.17) is 0 Å². The number of carbonyl (C=O) groups is 2. The Bertz CT molecular complexity index is 898. The van der Waals surface area contributed by atoms with Gasteiger partial charge in [0.2, 0.25) is 15.9 Å². The van der Waals surface area contributed by atoms with Crippen molar-refractivity contribution in [3.63, 3.8) is 0 Å². The van der Waals surface area contributed by atoms with Crippen LogP contribution in [-0.4, -0.2) is 37.5 Å². The molecule has 0 aliphatic rings. The molecule has 0 spiro atoms. The Kier molecular flexibility index (Phi) is 7.29. The van der Waals surface area contributed by atoms with Gasteiger partial charge in [0.1, 0.15) is 0 Å². The van der Waals surface area contributed by atoms with Gasteiger partial charge in [-0.15, -0.1) is 11.3 Å². The molecule has 0 aliphatic carbocycles. The molecule has 1 aromatic heterocycles. The van der Waals surface area contributed by atoms with E-state index in [0.29, 0.717) is 23.7 Å². The summed E-state index contributed by atoms with van der Waals surface area (Å²) in [5.74, 6) is -0.333. The average Bonchev–Trinajstić information content (AvgIpc) is 3.07. The summed E-state index contributed by atoms with van der Waals surface area (Å²) in [7, 11) is -3.52. The zero-order valence-electron chi connectivity index (χ0n) is 15.7. The fourth-order valence-corrected chi connectivity index (χ4v) is 4.87. The number of anilines is 1. The monoisotopic (exact) mass is 408 g/mol. The predicted octanol–water partition coefficient (Wildman–Crippen LogP) is 3.69. The molecule has 146 valence electrons. The number of amides is 1. The molecule has 0 unspecified atom stereocenters. The van der Waals surface area contributed by atoms with Gasteiger partial charge in [0, 0.05) is 36.5 Å². The number of benzene rings is 1. The number of ketones is 1. The van der Waals surface area contributed by atoms with E-state index in [2.05, 4.69) is 5.32 Å². The van der Waals surface area contributed by atoms with Crippen molar-refractivity contribution in [2.45, 2.75) is 38.5 Å². The van der Waals surface area contributed by atoms with Gasteiger partial charge in [-0.25, -0.2) is 8.42 Å². The van der Waals surface area contributed by atoms with E-state index in [0.717, 1.165) is 4.88 Å². The fraction of sp³-hybridized carbons (Fsp3) is 0.368. The van der Waals surface area contributed by atoms with E-state index < -0.39 is 10.0 Å². The maximum Gasteiger partial charge on any atom is 0.243 e. The van der Waals surface area contributed by atoms with Crippen molar-refractivity contribution in [1.82, 2.24) is 4.31 Å². The van der Waals surface area contributed by atoms with Gasteiger partial charge in [0.25, 0.3) is 0 Å². The van der Waals surface area contributed by atoms with E-state index >= 15 is 0 Å².